The van der Waals surface area contributed by atoms with E-state index in [9.17, 15) is 4.79 Å². The summed E-state index contributed by atoms with van der Waals surface area (Å²) < 4.78 is 0. The van der Waals surface area contributed by atoms with E-state index >= 15 is 0 Å². The average molecular weight is 275 g/mol. The molecule has 1 atom stereocenters. The number of likely N-dealkylation sites (tertiary alicyclic amines) is 1. The number of nitrogens with two attached hydrogens (primary N) is 1. The Hall–Kier alpha value is -0.580. The predicted molar refractivity (Wildman–Crippen MR) is 74.0 cm³/mol. The SMILES string of the molecule is Cc1ccc(C(=O)N2CCCC(CN)C2)s1.Cl. The lowest BCUT2D eigenvalue weighted by molar-refractivity contribution is 0.0683. The Kier molecular flexibility index (Phi) is 5.43. The zero-order chi connectivity index (χ0) is 11.5. The van der Waals surface area contributed by atoms with E-state index in [2.05, 4.69) is 0 Å². The van der Waals surface area contributed by atoms with E-state index in [1.54, 1.807) is 11.3 Å². The number of aryl methyl sites for hydroxylation is 1. The van der Waals surface area contributed by atoms with Gasteiger partial charge in [-0.25, -0.2) is 0 Å². The van der Waals surface area contributed by atoms with Crippen molar-refractivity contribution in [3.05, 3.63) is 21.9 Å². The van der Waals surface area contributed by atoms with Crippen LogP contribution in [0.1, 0.15) is 27.4 Å². The highest BCUT2D eigenvalue weighted by Crippen LogP contribution is 2.21. The first kappa shape index (κ1) is 14.5. The number of piperidine rings is 1. The Morgan fingerprint density at radius 1 is 1.59 bits per heavy atom. The zero-order valence-corrected chi connectivity index (χ0v) is 11.6. The molecule has 5 heteroatoms. The van der Waals surface area contributed by atoms with E-state index in [4.69, 9.17) is 5.73 Å². The molecule has 0 radical (unpaired) electrons. The lowest BCUT2D eigenvalue weighted by Crippen LogP contribution is -2.41. The van der Waals surface area contributed by atoms with Crippen LogP contribution in [-0.4, -0.2) is 30.4 Å². The van der Waals surface area contributed by atoms with Crippen LogP contribution < -0.4 is 5.73 Å². The first-order valence-electron chi connectivity index (χ1n) is 5.76. The number of nitrogens with zero attached hydrogens (tertiary/aromatic N) is 1. The molecule has 1 fully saturated rings. The van der Waals surface area contributed by atoms with Gasteiger partial charge in [0.1, 0.15) is 0 Å². The standard InChI is InChI=1S/C12H18N2OS.ClH/c1-9-4-5-11(16-9)12(15)14-6-2-3-10(7-13)8-14;/h4-5,10H,2-3,6-8,13H2,1H3;1H. The molecule has 0 aromatic carbocycles. The van der Waals surface area contributed by atoms with Gasteiger partial charge in [0.2, 0.25) is 0 Å². The van der Waals surface area contributed by atoms with Crippen molar-refractivity contribution in [1.29, 1.82) is 0 Å². The summed E-state index contributed by atoms with van der Waals surface area (Å²) in [6, 6.07) is 3.93. The molecule has 3 nitrogen and oxygen atoms in total. The number of hydrogen-bond donors (Lipinski definition) is 1. The highest BCUT2D eigenvalue weighted by molar-refractivity contribution is 7.13. The molecule has 2 heterocycles. The van der Waals surface area contributed by atoms with Crippen LogP contribution in [0.5, 0.6) is 0 Å². The Balaban J connectivity index is 0.00000144. The van der Waals surface area contributed by atoms with E-state index in [1.807, 2.05) is 24.0 Å². The molecule has 1 aliphatic heterocycles. The molecule has 1 aromatic rings. The number of carbonyl (C=O) groups is 1. The zero-order valence-electron chi connectivity index (χ0n) is 10.0. The second kappa shape index (κ2) is 6.38. The second-order valence-electron chi connectivity index (χ2n) is 4.41. The number of halogens is 1. The van der Waals surface area contributed by atoms with E-state index in [1.165, 1.54) is 4.88 Å². The summed E-state index contributed by atoms with van der Waals surface area (Å²) in [5.41, 5.74) is 5.67. The van der Waals surface area contributed by atoms with Crippen LogP contribution >= 0.6 is 23.7 Å². The highest BCUT2D eigenvalue weighted by atomic mass is 35.5. The van der Waals surface area contributed by atoms with E-state index in [0.29, 0.717) is 12.5 Å². The summed E-state index contributed by atoms with van der Waals surface area (Å²) in [7, 11) is 0. The minimum absolute atomic E-state index is 0. The molecule has 0 saturated carbocycles. The fourth-order valence-electron chi connectivity index (χ4n) is 2.15. The minimum Gasteiger partial charge on any atom is -0.338 e. The number of amides is 1. The molecule has 1 unspecified atom stereocenters. The molecule has 0 spiro atoms. The summed E-state index contributed by atoms with van der Waals surface area (Å²) >= 11 is 1.58. The monoisotopic (exact) mass is 274 g/mol. The van der Waals surface area contributed by atoms with Crippen molar-refractivity contribution < 1.29 is 4.79 Å². The summed E-state index contributed by atoms with van der Waals surface area (Å²) in [5, 5.41) is 0. The second-order valence-corrected chi connectivity index (χ2v) is 5.69. The third-order valence-electron chi connectivity index (χ3n) is 3.09. The van der Waals surface area contributed by atoms with Crippen LogP contribution in [0, 0.1) is 12.8 Å². The van der Waals surface area contributed by atoms with Gasteiger partial charge in [-0.2, -0.15) is 0 Å². The quantitative estimate of drug-likeness (QED) is 0.899. The van der Waals surface area contributed by atoms with Crippen molar-refractivity contribution in [2.24, 2.45) is 11.7 Å². The van der Waals surface area contributed by atoms with Gasteiger partial charge in [0.05, 0.1) is 4.88 Å². The summed E-state index contributed by atoms with van der Waals surface area (Å²) in [4.78, 5) is 16.2. The molecule has 1 saturated heterocycles. The van der Waals surface area contributed by atoms with Gasteiger partial charge in [0.25, 0.3) is 5.91 Å². The molecule has 0 bridgehead atoms. The van der Waals surface area contributed by atoms with Crippen LogP contribution in [-0.2, 0) is 0 Å². The van der Waals surface area contributed by atoms with Gasteiger partial charge in [-0.05, 0) is 44.4 Å². The molecule has 1 aliphatic rings. The Morgan fingerprint density at radius 3 is 2.94 bits per heavy atom. The summed E-state index contributed by atoms with van der Waals surface area (Å²) in [6.45, 7) is 4.42. The first-order valence-corrected chi connectivity index (χ1v) is 6.58. The molecule has 96 valence electrons. The number of carbonyl (C=O) groups excluding carboxylic acids is 1. The normalized spacial score (nSPS) is 19.9. The largest absolute Gasteiger partial charge is 0.338 e. The van der Waals surface area contributed by atoms with Crippen molar-refractivity contribution in [2.75, 3.05) is 19.6 Å². The van der Waals surface area contributed by atoms with Gasteiger partial charge in [-0.1, -0.05) is 0 Å². The average Bonchev–Trinajstić information content (AvgIpc) is 2.75. The smallest absolute Gasteiger partial charge is 0.263 e. The third-order valence-corrected chi connectivity index (χ3v) is 4.08. The van der Waals surface area contributed by atoms with E-state index in [0.717, 1.165) is 30.8 Å². The van der Waals surface area contributed by atoms with Gasteiger partial charge >= 0.3 is 0 Å². The lowest BCUT2D eigenvalue weighted by Gasteiger charge is -2.31. The number of hydrogen-bond acceptors (Lipinski definition) is 3. The van der Waals surface area contributed by atoms with Crippen molar-refractivity contribution >= 4 is 29.7 Å². The van der Waals surface area contributed by atoms with Gasteiger partial charge in [0, 0.05) is 18.0 Å². The Labute approximate surface area is 112 Å². The molecule has 1 amide bonds. The predicted octanol–water partition coefficient (Wildman–Crippen LogP) is 2.29. The van der Waals surface area contributed by atoms with Crippen LogP contribution in [0.25, 0.3) is 0 Å². The van der Waals surface area contributed by atoms with Crippen molar-refractivity contribution in [3.8, 4) is 0 Å². The molecule has 2 N–H and O–H groups in total. The van der Waals surface area contributed by atoms with Crippen molar-refractivity contribution in [3.63, 3.8) is 0 Å². The highest BCUT2D eigenvalue weighted by Gasteiger charge is 2.24. The van der Waals surface area contributed by atoms with Crippen LogP contribution in [0.4, 0.5) is 0 Å². The maximum Gasteiger partial charge on any atom is 0.263 e. The fourth-order valence-corrected chi connectivity index (χ4v) is 2.98. The number of thiophene rings is 1. The van der Waals surface area contributed by atoms with Gasteiger partial charge in [-0.3, -0.25) is 4.79 Å². The molecule has 1 aromatic heterocycles. The third kappa shape index (κ3) is 3.44. The minimum atomic E-state index is 0. The topological polar surface area (TPSA) is 46.3 Å². The summed E-state index contributed by atoms with van der Waals surface area (Å²) in [6.07, 6.45) is 2.24. The Morgan fingerprint density at radius 2 is 2.35 bits per heavy atom. The fraction of sp³-hybridized carbons (Fsp3) is 0.583. The molecule has 17 heavy (non-hydrogen) atoms. The van der Waals surface area contributed by atoms with Crippen molar-refractivity contribution in [2.45, 2.75) is 19.8 Å². The van der Waals surface area contributed by atoms with Crippen LogP contribution in [0.3, 0.4) is 0 Å². The van der Waals surface area contributed by atoms with E-state index < -0.39 is 0 Å². The van der Waals surface area contributed by atoms with Crippen molar-refractivity contribution in [1.82, 2.24) is 4.90 Å². The summed E-state index contributed by atoms with van der Waals surface area (Å²) in [5.74, 6) is 0.662. The van der Waals surface area contributed by atoms with Crippen LogP contribution in [0.15, 0.2) is 12.1 Å². The molecule has 0 aliphatic carbocycles. The van der Waals surface area contributed by atoms with Crippen LogP contribution in [0.2, 0.25) is 0 Å². The maximum absolute atomic E-state index is 12.2. The molecule has 2 rings (SSSR count). The van der Waals surface area contributed by atoms with Gasteiger partial charge in [-0.15, -0.1) is 23.7 Å². The first-order chi connectivity index (χ1) is 7.70. The Bertz CT molecular complexity index is 380. The number of rotatable bonds is 2. The van der Waals surface area contributed by atoms with Gasteiger partial charge < -0.3 is 10.6 Å². The maximum atomic E-state index is 12.2. The molecular weight excluding hydrogens is 256 g/mol. The van der Waals surface area contributed by atoms with Gasteiger partial charge in [0.15, 0.2) is 0 Å². The molecular formula is C12H19ClN2OS. The van der Waals surface area contributed by atoms with E-state index in [-0.39, 0.29) is 18.3 Å². The lowest BCUT2D eigenvalue weighted by atomic mass is 9.98.